The second-order valence-electron chi connectivity index (χ2n) is 3.37. The van der Waals surface area contributed by atoms with E-state index in [1.807, 2.05) is 0 Å². The molecule has 2 rings (SSSR count). The topological polar surface area (TPSA) is 96.0 Å². The van der Waals surface area contributed by atoms with Gasteiger partial charge in [-0.2, -0.15) is 5.26 Å². The van der Waals surface area contributed by atoms with E-state index in [-0.39, 0.29) is 17.1 Å². The van der Waals surface area contributed by atoms with E-state index in [0.29, 0.717) is 5.76 Å². The Hall–Kier alpha value is -2.17. The molecule has 0 aliphatic heterocycles. The number of furan rings is 1. The number of rotatable bonds is 4. The standard InChI is InChI=1S/C11H9N3O3S/c12-7-10-11(4-1-5-13-10)18(15,16)14-8-9-3-2-6-17-9/h1-6,14H,8H2. The zero-order chi connectivity index (χ0) is 13.0. The summed E-state index contributed by atoms with van der Waals surface area (Å²) in [5, 5.41) is 8.81. The highest BCUT2D eigenvalue weighted by Gasteiger charge is 2.19. The Morgan fingerprint density at radius 1 is 1.39 bits per heavy atom. The molecule has 0 unspecified atom stereocenters. The molecule has 6 nitrogen and oxygen atoms in total. The van der Waals surface area contributed by atoms with Crippen LogP contribution < -0.4 is 4.72 Å². The first-order valence-electron chi connectivity index (χ1n) is 5.00. The van der Waals surface area contributed by atoms with E-state index < -0.39 is 10.0 Å². The number of nitriles is 1. The predicted octanol–water partition coefficient (Wildman–Crippen LogP) is 1.02. The summed E-state index contributed by atoms with van der Waals surface area (Å²) in [6, 6.07) is 7.84. The lowest BCUT2D eigenvalue weighted by Gasteiger charge is -2.05. The van der Waals surface area contributed by atoms with E-state index in [4.69, 9.17) is 9.68 Å². The molecule has 7 heteroatoms. The van der Waals surface area contributed by atoms with Crippen LogP contribution in [-0.2, 0) is 16.6 Å². The van der Waals surface area contributed by atoms with E-state index in [2.05, 4.69) is 9.71 Å². The van der Waals surface area contributed by atoms with Crippen LogP contribution in [0.15, 0.2) is 46.0 Å². The lowest BCUT2D eigenvalue weighted by molar-refractivity contribution is 0.498. The predicted molar refractivity (Wildman–Crippen MR) is 61.7 cm³/mol. The summed E-state index contributed by atoms with van der Waals surface area (Å²) in [6.45, 7) is 0.0229. The first-order valence-corrected chi connectivity index (χ1v) is 6.49. The Balaban J connectivity index is 2.23. The maximum Gasteiger partial charge on any atom is 0.243 e. The number of hydrogen-bond donors (Lipinski definition) is 1. The van der Waals surface area contributed by atoms with Gasteiger partial charge in [-0.25, -0.2) is 18.1 Å². The number of aromatic nitrogens is 1. The molecule has 0 saturated heterocycles. The summed E-state index contributed by atoms with van der Waals surface area (Å²) in [5.41, 5.74) is -0.135. The van der Waals surface area contributed by atoms with Crippen molar-refractivity contribution in [2.75, 3.05) is 0 Å². The van der Waals surface area contributed by atoms with E-state index >= 15 is 0 Å². The van der Waals surface area contributed by atoms with Gasteiger partial charge >= 0.3 is 0 Å². The van der Waals surface area contributed by atoms with Crippen molar-refractivity contribution >= 4 is 10.0 Å². The third-order valence-electron chi connectivity index (χ3n) is 2.18. The zero-order valence-corrected chi connectivity index (χ0v) is 10.0. The minimum atomic E-state index is -3.77. The molecule has 0 fully saturated rings. The number of hydrogen-bond acceptors (Lipinski definition) is 5. The third-order valence-corrected chi connectivity index (χ3v) is 3.62. The van der Waals surface area contributed by atoms with Crippen LogP contribution in [0.4, 0.5) is 0 Å². The van der Waals surface area contributed by atoms with Crippen molar-refractivity contribution < 1.29 is 12.8 Å². The Labute approximate surface area is 104 Å². The molecule has 0 saturated carbocycles. The van der Waals surface area contributed by atoms with Gasteiger partial charge in [0.15, 0.2) is 5.69 Å². The highest BCUT2D eigenvalue weighted by Crippen LogP contribution is 2.12. The first kappa shape index (κ1) is 12.3. The quantitative estimate of drug-likeness (QED) is 0.888. The SMILES string of the molecule is N#Cc1ncccc1S(=O)(=O)NCc1ccco1. The summed E-state index contributed by atoms with van der Waals surface area (Å²) in [4.78, 5) is 3.56. The number of nitrogens with zero attached hydrogens (tertiary/aromatic N) is 2. The summed E-state index contributed by atoms with van der Waals surface area (Å²) >= 11 is 0. The molecular weight excluding hydrogens is 254 g/mol. The smallest absolute Gasteiger partial charge is 0.243 e. The molecule has 1 N–H and O–H groups in total. The summed E-state index contributed by atoms with van der Waals surface area (Å²) in [7, 11) is -3.77. The molecule has 2 heterocycles. The minimum absolute atomic E-state index is 0.0229. The Morgan fingerprint density at radius 2 is 2.22 bits per heavy atom. The van der Waals surface area contributed by atoms with Gasteiger partial charge < -0.3 is 4.42 Å². The third kappa shape index (κ3) is 2.56. The number of nitrogens with one attached hydrogen (secondary N) is 1. The molecule has 0 aliphatic carbocycles. The Bertz CT molecular complexity index is 672. The van der Waals surface area contributed by atoms with Gasteiger partial charge in [-0.3, -0.25) is 0 Å². The van der Waals surface area contributed by atoms with E-state index in [9.17, 15) is 8.42 Å². The van der Waals surface area contributed by atoms with Crippen LogP contribution in [-0.4, -0.2) is 13.4 Å². The van der Waals surface area contributed by atoms with Crippen molar-refractivity contribution in [3.63, 3.8) is 0 Å². The van der Waals surface area contributed by atoms with Gasteiger partial charge in [-0.1, -0.05) is 0 Å². The number of pyridine rings is 1. The van der Waals surface area contributed by atoms with E-state index in [1.165, 1.54) is 24.6 Å². The molecule has 0 aromatic carbocycles. The van der Waals surface area contributed by atoms with Gasteiger partial charge in [-0.05, 0) is 24.3 Å². The van der Waals surface area contributed by atoms with Gasteiger partial charge in [-0.15, -0.1) is 0 Å². The van der Waals surface area contributed by atoms with Crippen molar-refractivity contribution in [2.45, 2.75) is 11.4 Å². The largest absolute Gasteiger partial charge is 0.468 e. The first-order chi connectivity index (χ1) is 8.63. The van der Waals surface area contributed by atoms with Crippen LogP contribution in [0.1, 0.15) is 11.5 Å². The van der Waals surface area contributed by atoms with Gasteiger partial charge in [0.05, 0.1) is 12.8 Å². The molecule has 92 valence electrons. The fourth-order valence-corrected chi connectivity index (χ4v) is 2.45. The Morgan fingerprint density at radius 3 is 2.89 bits per heavy atom. The maximum atomic E-state index is 12.0. The van der Waals surface area contributed by atoms with Crippen LogP contribution >= 0.6 is 0 Å². The highest BCUT2D eigenvalue weighted by molar-refractivity contribution is 7.89. The van der Waals surface area contributed by atoms with E-state index in [0.717, 1.165) is 0 Å². The minimum Gasteiger partial charge on any atom is -0.468 e. The highest BCUT2D eigenvalue weighted by atomic mass is 32.2. The summed E-state index contributed by atoms with van der Waals surface area (Å²) in [6.07, 6.45) is 2.82. The van der Waals surface area contributed by atoms with Crippen LogP contribution in [0.2, 0.25) is 0 Å². The van der Waals surface area contributed by atoms with Gasteiger partial charge in [0.1, 0.15) is 16.7 Å². The van der Waals surface area contributed by atoms with Gasteiger partial charge in [0, 0.05) is 6.20 Å². The van der Waals surface area contributed by atoms with Crippen molar-refractivity contribution in [3.8, 4) is 6.07 Å². The monoisotopic (exact) mass is 263 g/mol. The van der Waals surface area contributed by atoms with Crippen LogP contribution in [0.25, 0.3) is 0 Å². The normalized spacial score (nSPS) is 11.1. The number of sulfonamides is 1. The van der Waals surface area contributed by atoms with Gasteiger partial charge in [0.25, 0.3) is 0 Å². The molecule has 18 heavy (non-hydrogen) atoms. The van der Waals surface area contributed by atoms with Crippen molar-refractivity contribution in [2.24, 2.45) is 0 Å². The van der Waals surface area contributed by atoms with Gasteiger partial charge in [0.2, 0.25) is 10.0 Å². The van der Waals surface area contributed by atoms with Crippen LogP contribution in [0, 0.1) is 11.3 Å². The molecule has 2 aromatic rings. The van der Waals surface area contributed by atoms with Crippen LogP contribution in [0.3, 0.4) is 0 Å². The molecule has 2 aromatic heterocycles. The molecular formula is C11H9N3O3S. The molecule has 0 bridgehead atoms. The molecule has 0 amide bonds. The lowest BCUT2D eigenvalue weighted by Crippen LogP contribution is -2.24. The average molecular weight is 263 g/mol. The molecule has 0 atom stereocenters. The van der Waals surface area contributed by atoms with Crippen molar-refractivity contribution in [1.82, 2.24) is 9.71 Å². The summed E-state index contributed by atoms with van der Waals surface area (Å²) < 4.78 is 31.3. The zero-order valence-electron chi connectivity index (χ0n) is 9.20. The maximum absolute atomic E-state index is 12.0. The van der Waals surface area contributed by atoms with Crippen LogP contribution in [0.5, 0.6) is 0 Å². The molecule has 0 radical (unpaired) electrons. The molecule has 0 aliphatic rings. The summed E-state index contributed by atoms with van der Waals surface area (Å²) in [5.74, 6) is 0.487. The second kappa shape index (κ2) is 5.00. The average Bonchev–Trinajstić information content (AvgIpc) is 2.89. The fraction of sp³-hybridized carbons (Fsp3) is 0.0909. The second-order valence-corrected chi connectivity index (χ2v) is 5.10. The Kier molecular flexibility index (Phi) is 3.41. The van der Waals surface area contributed by atoms with E-state index in [1.54, 1.807) is 18.2 Å². The fourth-order valence-electron chi connectivity index (χ4n) is 1.35. The van der Waals surface area contributed by atoms with Crippen molar-refractivity contribution in [1.29, 1.82) is 5.26 Å². The lowest BCUT2D eigenvalue weighted by atomic mass is 10.4. The molecule has 0 spiro atoms. The van der Waals surface area contributed by atoms with Crippen molar-refractivity contribution in [3.05, 3.63) is 48.2 Å².